The van der Waals surface area contributed by atoms with Crippen LogP contribution in [0, 0.1) is 23.8 Å². The number of halogens is 2. The Balaban J connectivity index is 1.52. The summed E-state index contributed by atoms with van der Waals surface area (Å²) in [7, 11) is -2.76. The molecule has 0 spiro atoms. The van der Waals surface area contributed by atoms with E-state index in [-0.39, 0.29) is 28.6 Å². The Morgan fingerprint density at radius 3 is 2.40 bits per heavy atom. The molecule has 0 fully saturated rings. The molecular formula is C28H22F2N4O5S. The maximum Gasteiger partial charge on any atom is 0.335 e. The van der Waals surface area contributed by atoms with Crippen molar-refractivity contribution in [3.63, 3.8) is 0 Å². The van der Waals surface area contributed by atoms with Crippen molar-refractivity contribution < 1.29 is 26.0 Å². The van der Waals surface area contributed by atoms with Gasteiger partial charge in [-0.1, -0.05) is 17.7 Å². The first-order valence-electron chi connectivity index (χ1n) is 12.1. The zero-order chi connectivity index (χ0) is 28.4. The first kappa shape index (κ1) is 25.7. The Morgan fingerprint density at radius 1 is 1.00 bits per heavy atom. The van der Waals surface area contributed by atoms with E-state index in [1.165, 1.54) is 24.3 Å². The number of rotatable bonds is 5. The number of hydrogen-bond donors (Lipinski definition) is 2. The third-order valence-electron chi connectivity index (χ3n) is 6.86. The van der Waals surface area contributed by atoms with E-state index in [2.05, 4.69) is 9.97 Å². The van der Waals surface area contributed by atoms with E-state index in [9.17, 15) is 27.2 Å². The number of H-pyrrole nitrogens is 2. The number of fused-ring (bicyclic) bond motifs is 1. The highest BCUT2D eigenvalue weighted by Gasteiger charge is 2.45. The van der Waals surface area contributed by atoms with Crippen LogP contribution in [-0.2, 0) is 10.0 Å². The molecule has 0 amide bonds. The first-order chi connectivity index (χ1) is 19.0. The molecule has 1 atom stereocenters. The second-order valence-corrected chi connectivity index (χ2v) is 11.6. The molecule has 2 aliphatic rings. The topological polar surface area (TPSA) is 118 Å². The van der Waals surface area contributed by atoms with E-state index in [0.29, 0.717) is 33.8 Å². The molecule has 0 aliphatic carbocycles. The van der Waals surface area contributed by atoms with Crippen LogP contribution >= 0.6 is 0 Å². The fourth-order valence-corrected chi connectivity index (χ4v) is 6.33. The quantitative estimate of drug-likeness (QED) is 0.260. The van der Waals surface area contributed by atoms with E-state index in [1.807, 2.05) is 6.92 Å². The van der Waals surface area contributed by atoms with Crippen LogP contribution < -0.4 is 10.4 Å². The Hall–Kier alpha value is -4.52. The molecule has 2 aliphatic heterocycles. The Kier molecular flexibility index (Phi) is 5.80. The number of sulfonamides is 1. The lowest BCUT2D eigenvalue weighted by Gasteiger charge is -2.38. The number of quaternary nitrogens is 1. The van der Waals surface area contributed by atoms with Crippen molar-refractivity contribution in [3.05, 3.63) is 123 Å². The number of imidazole rings is 1. The van der Waals surface area contributed by atoms with Crippen molar-refractivity contribution in [2.24, 2.45) is 0 Å². The van der Waals surface area contributed by atoms with Gasteiger partial charge >= 0.3 is 15.7 Å². The second kappa shape index (κ2) is 9.01. The van der Waals surface area contributed by atoms with Gasteiger partial charge in [0.2, 0.25) is 0 Å². The third kappa shape index (κ3) is 4.04. The molecule has 3 heterocycles. The van der Waals surface area contributed by atoms with Gasteiger partial charge < -0.3 is 24.8 Å². The molecule has 6 rings (SSSR count). The van der Waals surface area contributed by atoms with Crippen LogP contribution in [0.5, 0.6) is 11.5 Å². The lowest BCUT2D eigenvalue weighted by molar-refractivity contribution is -0.647. The largest absolute Gasteiger partial charge is 0.606 e. The van der Waals surface area contributed by atoms with Gasteiger partial charge in [0.1, 0.15) is 22.7 Å². The fraction of sp³-hybridized carbons (Fsp3) is 0.107. The summed E-state index contributed by atoms with van der Waals surface area (Å²) in [5, 5.41) is 14.1. The minimum atomic E-state index is -4.44. The number of likely N-dealkylation sites (N-methyl/N-ethyl adjacent to an activating group) is 1. The average molecular weight is 565 g/mol. The maximum absolute atomic E-state index is 14.5. The summed E-state index contributed by atoms with van der Waals surface area (Å²) < 4.78 is 59.5. The lowest BCUT2D eigenvalue weighted by atomic mass is 9.94. The number of ether oxygens (including phenoxy) is 1. The van der Waals surface area contributed by atoms with Gasteiger partial charge in [0.05, 0.1) is 17.6 Å². The monoisotopic (exact) mass is 564 g/mol. The number of hydrogen-bond acceptors (Lipinski definition) is 6. The second-order valence-electron chi connectivity index (χ2n) is 9.67. The molecule has 40 heavy (non-hydrogen) atoms. The van der Waals surface area contributed by atoms with Crippen LogP contribution in [0.2, 0.25) is 0 Å². The van der Waals surface area contributed by atoms with E-state index in [4.69, 9.17) is 4.74 Å². The number of benzene rings is 3. The van der Waals surface area contributed by atoms with Crippen molar-refractivity contribution in [1.82, 2.24) is 14.9 Å². The summed E-state index contributed by atoms with van der Waals surface area (Å²) in [6.07, 6.45) is 4.22. The predicted octanol–water partition coefficient (Wildman–Crippen LogP) is 5.01. The standard InChI is InChI=1S/C28H22F2N4O5S/c1-16-3-6-18(7-4-16)40(37,38)34(36)10-9-19-21(14-33(2)15-25(19)34)20-12-23-24(32-28(35)31-23)13-27(20)39-26-8-5-17(29)11-22(26)30/h3-14H,15H2,1-2H3,(H2,31,32,35). The summed E-state index contributed by atoms with van der Waals surface area (Å²) in [5.74, 6) is -1.90. The maximum atomic E-state index is 14.5. The minimum absolute atomic E-state index is 0.0203. The van der Waals surface area contributed by atoms with Crippen molar-refractivity contribution in [2.75, 3.05) is 13.6 Å². The first-order valence-corrected chi connectivity index (χ1v) is 13.6. The SMILES string of the molecule is Cc1ccc(S(=O)(=O)[N+]2([O-])C=CC3=C2CN(C)C=C3c2cc3[nH]c(=O)[nH]c3cc2Oc2ccc(F)cc2F)cc1. The molecule has 12 heteroatoms. The van der Waals surface area contributed by atoms with E-state index >= 15 is 0 Å². The molecule has 0 radical (unpaired) electrons. The molecule has 0 saturated heterocycles. The Morgan fingerprint density at radius 2 is 1.70 bits per heavy atom. The zero-order valence-electron chi connectivity index (χ0n) is 21.2. The molecule has 3 aromatic carbocycles. The summed E-state index contributed by atoms with van der Waals surface area (Å²) >= 11 is 0. The number of aromatic amines is 2. The number of allylic oxidation sites excluding steroid dienone is 3. The van der Waals surface area contributed by atoms with Crippen molar-refractivity contribution in [1.29, 1.82) is 0 Å². The van der Waals surface area contributed by atoms with Crippen molar-refractivity contribution >= 4 is 26.6 Å². The molecule has 204 valence electrons. The lowest BCUT2D eigenvalue weighted by Crippen LogP contribution is -2.44. The van der Waals surface area contributed by atoms with Crippen LogP contribution in [-0.4, -0.2) is 40.9 Å². The molecule has 1 aromatic heterocycles. The van der Waals surface area contributed by atoms with Crippen LogP contribution in [0.15, 0.2) is 94.0 Å². The molecule has 4 aromatic rings. The highest BCUT2D eigenvalue weighted by Crippen LogP contribution is 2.46. The molecular weight excluding hydrogens is 542 g/mol. The highest BCUT2D eigenvalue weighted by molar-refractivity contribution is 7.86. The van der Waals surface area contributed by atoms with Gasteiger partial charge in [0, 0.05) is 48.2 Å². The number of nitrogens with zero attached hydrogens (tertiary/aromatic N) is 2. The molecule has 2 N–H and O–H groups in total. The van der Waals surface area contributed by atoms with Crippen molar-refractivity contribution in [3.8, 4) is 11.5 Å². The number of hydroxylamine groups is 2. The normalized spacial score (nSPS) is 18.8. The van der Waals surface area contributed by atoms with Crippen molar-refractivity contribution in [2.45, 2.75) is 11.8 Å². The van der Waals surface area contributed by atoms with Gasteiger partial charge in [0.25, 0.3) is 0 Å². The smallest absolute Gasteiger partial charge is 0.335 e. The molecule has 0 bridgehead atoms. The summed E-state index contributed by atoms with van der Waals surface area (Å²) in [6, 6.07) is 12.0. The molecule has 1 unspecified atom stereocenters. The predicted molar refractivity (Wildman–Crippen MR) is 144 cm³/mol. The summed E-state index contributed by atoms with van der Waals surface area (Å²) in [5.41, 5.74) is 2.30. The van der Waals surface area contributed by atoms with Gasteiger partial charge in [-0.2, -0.15) is 12.5 Å². The van der Waals surface area contributed by atoms with Crippen LogP contribution in [0.4, 0.5) is 8.78 Å². The van der Waals surface area contributed by atoms with Gasteiger partial charge in [-0.25, -0.2) is 13.6 Å². The molecule has 9 nitrogen and oxygen atoms in total. The fourth-order valence-electron chi connectivity index (χ4n) is 4.87. The number of aromatic nitrogens is 2. The van der Waals surface area contributed by atoms with Crippen LogP contribution in [0.1, 0.15) is 11.1 Å². The molecule has 0 saturated carbocycles. The Labute approximate surface area is 227 Å². The minimum Gasteiger partial charge on any atom is -0.606 e. The zero-order valence-corrected chi connectivity index (χ0v) is 22.1. The van der Waals surface area contributed by atoms with Gasteiger partial charge in [-0.05, 0) is 37.3 Å². The van der Waals surface area contributed by atoms with Crippen LogP contribution in [0.25, 0.3) is 16.6 Å². The number of nitrogens with one attached hydrogen (secondary N) is 2. The van der Waals surface area contributed by atoms with Gasteiger partial charge in [0.15, 0.2) is 17.3 Å². The highest BCUT2D eigenvalue weighted by atomic mass is 32.2. The van der Waals surface area contributed by atoms with Gasteiger partial charge in [-0.15, -0.1) is 0 Å². The van der Waals surface area contributed by atoms with Gasteiger partial charge in [-0.3, -0.25) is 0 Å². The average Bonchev–Trinajstić information content (AvgIpc) is 3.44. The third-order valence-corrected chi connectivity index (χ3v) is 8.78. The summed E-state index contributed by atoms with van der Waals surface area (Å²) in [6.45, 7) is 1.83. The van der Waals surface area contributed by atoms with E-state index < -0.39 is 31.4 Å². The number of aryl methyl sites for hydroxylation is 1. The summed E-state index contributed by atoms with van der Waals surface area (Å²) in [4.78, 5) is 18.8. The van der Waals surface area contributed by atoms with Crippen LogP contribution in [0.3, 0.4) is 0 Å². The van der Waals surface area contributed by atoms with E-state index in [0.717, 1.165) is 23.9 Å². The van der Waals surface area contributed by atoms with E-state index in [1.54, 1.807) is 36.3 Å². The Bertz CT molecular complexity index is 1960.